The van der Waals surface area contributed by atoms with Crippen molar-refractivity contribution < 1.29 is 9.50 Å². The number of fused-ring (bicyclic) bond motifs is 1. The lowest BCUT2D eigenvalue weighted by Crippen LogP contribution is -2.30. The minimum Gasteiger partial charge on any atom is -0.378 e. The lowest BCUT2D eigenvalue weighted by atomic mass is 9.86. The van der Waals surface area contributed by atoms with Gasteiger partial charge in [-0.3, -0.25) is 4.90 Å². The van der Waals surface area contributed by atoms with Gasteiger partial charge < -0.3 is 5.11 Å². The molecule has 4 nitrogen and oxygen atoms in total. The molecule has 1 aromatic heterocycles. The zero-order chi connectivity index (χ0) is 22.0. The topological polar surface area (TPSA) is 41.3 Å². The number of hydrogen-bond donors (Lipinski definition) is 1. The minimum absolute atomic E-state index is 0.531. The number of benzene rings is 3. The molecule has 1 saturated heterocycles. The summed E-state index contributed by atoms with van der Waals surface area (Å²) >= 11 is 0. The maximum Gasteiger partial charge on any atom is 0.143 e. The van der Waals surface area contributed by atoms with Crippen molar-refractivity contribution in [1.82, 2.24) is 14.7 Å². The SMILES string of the molecule is OC(CF)(c1ccc(CN2CCCCC2)cc1)c1ccc2c(cnn2-c2ccccc2)c1. The molecule has 5 heteroatoms. The van der Waals surface area contributed by atoms with Gasteiger partial charge in [0.2, 0.25) is 0 Å². The average Bonchev–Trinajstić information content (AvgIpc) is 3.28. The predicted molar refractivity (Wildman–Crippen MR) is 126 cm³/mol. The number of para-hydroxylation sites is 1. The third-order valence-corrected chi connectivity index (χ3v) is 6.53. The van der Waals surface area contributed by atoms with Crippen LogP contribution in [-0.4, -0.2) is 39.6 Å². The lowest BCUT2D eigenvalue weighted by molar-refractivity contribution is 0.0519. The second kappa shape index (κ2) is 8.85. The van der Waals surface area contributed by atoms with E-state index in [1.54, 1.807) is 12.3 Å². The molecule has 0 radical (unpaired) electrons. The van der Waals surface area contributed by atoms with E-state index in [9.17, 15) is 9.50 Å². The van der Waals surface area contributed by atoms with E-state index in [1.165, 1.54) is 24.8 Å². The molecule has 0 spiro atoms. The Kier molecular flexibility index (Phi) is 5.77. The number of nitrogens with zero attached hydrogens (tertiary/aromatic N) is 3. The quantitative estimate of drug-likeness (QED) is 0.457. The number of piperidine rings is 1. The Labute approximate surface area is 187 Å². The Hall–Kier alpha value is -3.02. The number of halogens is 1. The summed E-state index contributed by atoms with van der Waals surface area (Å²) in [4.78, 5) is 2.46. The van der Waals surface area contributed by atoms with Crippen LogP contribution in [0.5, 0.6) is 0 Å². The number of likely N-dealkylation sites (tertiary alicyclic amines) is 1. The molecule has 0 saturated carbocycles. The van der Waals surface area contributed by atoms with Gasteiger partial charge in [0.05, 0.1) is 17.4 Å². The fourth-order valence-corrected chi connectivity index (χ4v) is 4.65. The summed E-state index contributed by atoms with van der Waals surface area (Å²) in [5.41, 5.74) is 2.48. The maximum atomic E-state index is 14.3. The van der Waals surface area contributed by atoms with Crippen LogP contribution in [0.15, 0.2) is 79.0 Å². The first kappa shape index (κ1) is 20.9. The molecule has 5 rings (SSSR count). The molecule has 4 aromatic rings. The second-order valence-corrected chi connectivity index (χ2v) is 8.69. The molecule has 32 heavy (non-hydrogen) atoms. The number of aliphatic hydroxyl groups is 1. The molecule has 0 aliphatic carbocycles. The fourth-order valence-electron chi connectivity index (χ4n) is 4.65. The highest BCUT2D eigenvalue weighted by atomic mass is 19.1. The van der Waals surface area contributed by atoms with Crippen molar-refractivity contribution in [2.75, 3.05) is 19.8 Å². The molecular formula is C27H28FN3O. The van der Waals surface area contributed by atoms with Crippen molar-refractivity contribution in [3.8, 4) is 5.69 Å². The van der Waals surface area contributed by atoms with Crippen LogP contribution in [0.2, 0.25) is 0 Å². The molecule has 0 bridgehead atoms. The molecule has 164 valence electrons. The number of rotatable bonds is 6. The smallest absolute Gasteiger partial charge is 0.143 e. The van der Waals surface area contributed by atoms with Crippen LogP contribution in [0.4, 0.5) is 4.39 Å². The van der Waals surface area contributed by atoms with Gasteiger partial charge in [0.25, 0.3) is 0 Å². The molecule has 3 aromatic carbocycles. The van der Waals surface area contributed by atoms with Crippen LogP contribution in [0, 0.1) is 0 Å². The summed E-state index contributed by atoms with van der Waals surface area (Å²) in [7, 11) is 0. The van der Waals surface area contributed by atoms with Gasteiger partial charge in [0.1, 0.15) is 12.3 Å². The van der Waals surface area contributed by atoms with Crippen LogP contribution in [0.25, 0.3) is 16.6 Å². The van der Waals surface area contributed by atoms with E-state index in [-0.39, 0.29) is 0 Å². The first-order valence-corrected chi connectivity index (χ1v) is 11.3. The highest BCUT2D eigenvalue weighted by Crippen LogP contribution is 2.33. The molecule has 1 atom stereocenters. The Morgan fingerprint density at radius 3 is 2.31 bits per heavy atom. The summed E-state index contributed by atoms with van der Waals surface area (Å²) < 4.78 is 16.1. The van der Waals surface area contributed by atoms with Crippen molar-refractivity contribution >= 4 is 10.9 Å². The van der Waals surface area contributed by atoms with Gasteiger partial charge in [0, 0.05) is 11.9 Å². The van der Waals surface area contributed by atoms with E-state index in [0.717, 1.165) is 36.2 Å². The van der Waals surface area contributed by atoms with E-state index < -0.39 is 12.3 Å². The van der Waals surface area contributed by atoms with E-state index >= 15 is 0 Å². The lowest BCUT2D eigenvalue weighted by Gasteiger charge is -2.28. The van der Waals surface area contributed by atoms with Crippen molar-refractivity contribution in [2.24, 2.45) is 0 Å². The normalized spacial score (nSPS) is 16.8. The van der Waals surface area contributed by atoms with Gasteiger partial charge in [-0.2, -0.15) is 5.10 Å². The predicted octanol–water partition coefficient (Wildman–Crippen LogP) is 5.22. The van der Waals surface area contributed by atoms with Gasteiger partial charge in [-0.1, -0.05) is 55.0 Å². The molecule has 1 N–H and O–H groups in total. The zero-order valence-corrected chi connectivity index (χ0v) is 18.1. The molecule has 1 unspecified atom stereocenters. The molecule has 1 fully saturated rings. The minimum atomic E-state index is -1.69. The summed E-state index contributed by atoms with van der Waals surface area (Å²) in [6.45, 7) is 2.27. The molecule has 0 amide bonds. The number of alkyl halides is 1. The monoisotopic (exact) mass is 429 g/mol. The molecule has 1 aliphatic heterocycles. The van der Waals surface area contributed by atoms with Crippen LogP contribution in [0.1, 0.15) is 36.0 Å². The van der Waals surface area contributed by atoms with Gasteiger partial charge >= 0.3 is 0 Å². The third-order valence-electron chi connectivity index (χ3n) is 6.53. The second-order valence-electron chi connectivity index (χ2n) is 8.69. The zero-order valence-electron chi connectivity index (χ0n) is 18.1. The Morgan fingerprint density at radius 2 is 1.59 bits per heavy atom. The van der Waals surface area contributed by atoms with E-state index in [2.05, 4.69) is 10.00 Å². The third kappa shape index (κ3) is 3.94. The number of hydrogen-bond acceptors (Lipinski definition) is 3. The number of aromatic nitrogens is 2. The molecular weight excluding hydrogens is 401 g/mol. The van der Waals surface area contributed by atoms with Crippen LogP contribution < -0.4 is 0 Å². The van der Waals surface area contributed by atoms with Crippen molar-refractivity contribution in [3.05, 3.63) is 95.7 Å². The summed E-state index contributed by atoms with van der Waals surface area (Å²) in [6.07, 6.45) is 5.58. The molecule has 1 aliphatic rings. The van der Waals surface area contributed by atoms with E-state index in [1.807, 2.05) is 71.4 Å². The van der Waals surface area contributed by atoms with Crippen LogP contribution >= 0.6 is 0 Å². The van der Waals surface area contributed by atoms with Crippen LogP contribution in [-0.2, 0) is 12.1 Å². The molecule has 2 heterocycles. The van der Waals surface area contributed by atoms with E-state index in [4.69, 9.17) is 0 Å². The first-order valence-electron chi connectivity index (χ1n) is 11.3. The van der Waals surface area contributed by atoms with Crippen molar-refractivity contribution in [2.45, 2.75) is 31.4 Å². The summed E-state index contributed by atoms with van der Waals surface area (Å²) in [5.74, 6) is 0. The highest BCUT2D eigenvalue weighted by molar-refractivity contribution is 5.81. The first-order chi connectivity index (χ1) is 15.7. The van der Waals surface area contributed by atoms with E-state index in [0.29, 0.717) is 11.1 Å². The largest absolute Gasteiger partial charge is 0.378 e. The van der Waals surface area contributed by atoms with Gasteiger partial charge in [0.15, 0.2) is 0 Å². The Bertz CT molecular complexity index is 1180. The standard InChI is InChI=1S/C27H28FN3O/c28-20-27(32,23-11-9-21(10-12-23)19-30-15-5-2-6-16-30)24-13-14-26-22(17-24)18-29-31(26)25-7-3-1-4-8-25/h1,3-4,7-14,17-18,32H,2,5-6,15-16,19-20H2. The highest BCUT2D eigenvalue weighted by Gasteiger charge is 2.32. The summed E-state index contributed by atoms with van der Waals surface area (Å²) in [5, 5.41) is 16.7. The van der Waals surface area contributed by atoms with Gasteiger partial charge in [-0.15, -0.1) is 0 Å². The van der Waals surface area contributed by atoms with Gasteiger partial charge in [-0.25, -0.2) is 9.07 Å². The Morgan fingerprint density at radius 1 is 0.875 bits per heavy atom. The summed E-state index contributed by atoms with van der Waals surface area (Å²) in [6, 6.07) is 23.1. The maximum absolute atomic E-state index is 14.3. The van der Waals surface area contributed by atoms with Crippen molar-refractivity contribution in [3.63, 3.8) is 0 Å². The average molecular weight is 430 g/mol. The van der Waals surface area contributed by atoms with Gasteiger partial charge in [-0.05, 0) is 66.9 Å². The van der Waals surface area contributed by atoms with Crippen LogP contribution in [0.3, 0.4) is 0 Å². The fraction of sp³-hybridized carbons (Fsp3) is 0.296. The van der Waals surface area contributed by atoms with Crippen molar-refractivity contribution in [1.29, 1.82) is 0 Å². The Balaban J connectivity index is 1.42.